The van der Waals surface area contributed by atoms with Crippen LogP contribution in [0.4, 0.5) is 16.2 Å². The van der Waals surface area contributed by atoms with Crippen molar-refractivity contribution in [3.05, 3.63) is 29.8 Å². The number of likely N-dealkylation sites (tertiary alicyclic amines) is 1. The van der Waals surface area contributed by atoms with Gasteiger partial charge in [-0.1, -0.05) is 0 Å². The molecule has 1 heterocycles. The molecule has 0 saturated carbocycles. The molecule has 120 valence electrons. The van der Waals surface area contributed by atoms with Crippen molar-refractivity contribution in [3.8, 4) is 0 Å². The molecule has 0 bridgehead atoms. The van der Waals surface area contributed by atoms with E-state index in [9.17, 15) is 9.59 Å². The minimum absolute atomic E-state index is 0. The topological polar surface area (TPSA) is 125 Å². The van der Waals surface area contributed by atoms with Gasteiger partial charge in [-0.3, -0.25) is 4.79 Å². The first-order chi connectivity index (χ1) is 9.97. The number of ether oxygens (including phenoxy) is 1. The zero-order valence-electron chi connectivity index (χ0n) is 11.9. The molecule has 22 heavy (non-hydrogen) atoms. The van der Waals surface area contributed by atoms with E-state index < -0.39 is 12.3 Å². The van der Waals surface area contributed by atoms with Crippen molar-refractivity contribution in [1.82, 2.24) is 4.90 Å². The standard InChI is InChI=1S/C14H18N4O3.ClH/c15-10-4-5-11(16)9(8-10)3-6-12(19)18-7-1-2-13(18)21-14(17)20;/h3-6,8,13H,1-2,7,15-16H2,(H2,17,20);1H. The van der Waals surface area contributed by atoms with Crippen molar-refractivity contribution in [3.63, 3.8) is 0 Å². The van der Waals surface area contributed by atoms with E-state index >= 15 is 0 Å². The Morgan fingerprint density at radius 2 is 2.05 bits per heavy atom. The van der Waals surface area contributed by atoms with Gasteiger partial charge >= 0.3 is 6.09 Å². The predicted octanol–water partition coefficient (Wildman–Crippen LogP) is 1.33. The fourth-order valence-corrected chi connectivity index (χ4v) is 2.24. The van der Waals surface area contributed by atoms with Gasteiger partial charge in [0.25, 0.3) is 0 Å². The molecule has 1 aliphatic rings. The summed E-state index contributed by atoms with van der Waals surface area (Å²) in [5, 5.41) is 0. The molecular weight excluding hydrogens is 308 g/mol. The minimum atomic E-state index is -0.885. The summed E-state index contributed by atoms with van der Waals surface area (Å²) < 4.78 is 4.91. The van der Waals surface area contributed by atoms with Gasteiger partial charge in [-0.2, -0.15) is 0 Å². The molecule has 0 aliphatic carbocycles. The molecule has 1 aliphatic heterocycles. The van der Waals surface area contributed by atoms with Gasteiger partial charge in [-0.25, -0.2) is 4.79 Å². The van der Waals surface area contributed by atoms with E-state index in [2.05, 4.69) is 0 Å². The van der Waals surface area contributed by atoms with Crippen LogP contribution >= 0.6 is 12.4 Å². The Morgan fingerprint density at radius 3 is 2.73 bits per heavy atom. The number of carbonyl (C=O) groups is 2. The quantitative estimate of drug-likeness (QED) is 0.571. The van der Waals surface area contributed by atoms with Crippen LogP contribution in [0.25, 0.3) is 6.08 Å². The first-order valence-corrected chi connectivity index (χ1v) is 6.57. The van der Waals surface area contributed by atoms with Gasteiger partial charge in [0.1, 0.15) is 0 Å². The normalized spacial score (nSPS) is 17.3. The van der Waals surface area contributed by atoms with Crippen LogP contribution in [0.15, 0.2) is 24.3 Å². The van der Waals surface area contributed by atoms with Crippen LogP contribution in [0.5, 0.6) is 0 Å². The van der Waals surface area contributed by atoms with Crippen LogP contribution in [-0.4, -0.2) is 29.7 Å². The second kappa shape index (κ2) is 7.56. The maximum absolute atomic E-state index is 12.1. The molecule has 2 amide bonds. The lowest BCUT2D eigenvalue weighted by molar-refractivity contribution is -0.132. The third kappa shape index (κ3) is 4.29. The minimum Gasteiger partial charge on any atom is -0.425 e. The number of nitrogen functional groups attached to an aromatic ring is 2. The van der Waals surface area contributed by atoms with Crippen LogP contribution < -0.4 is 17.2 Å². The number of nitrogens with two attached hydrogens (primary N) is 3. The van der Waals surface area contributed by atoms with E-state index in [0.29, 0.717) is 29.9 Å². The average molecular weight is 327 g/mol. The molecular formula is C14H19ClN4O3. The number of anilines is 2. The second-order valence-corrected chi connectivity index (χ2v) is 4.79. The number of carbonyl (C=O) groups excluding carboxylic acids is 2. The van der Waals surface area contributed by atoms with E-state index in [4.69, 9.17) is 21.9 Å². The summed E-state index contributed by atoms with van der Waals surface area (Å²) in [4.78, 5) is 24.4. The maximum atomic E-state index is 12.1. The number of benzene rings is 1. The summed E-state index contributed by atoms with van der Waals surface area (Å²) in [6.07, 6.45) is 2.84. The molecule has 7 nitrogen and oxygen atoms in total. The number of primary amides is 1. The van der Waals surface area contributed by atoms with Gasteiger partial charge in [-0.05, 0) is 36.3 Å². The summed E-state index contributed by atoms with van der Waals surface area (Å²) in [7, 11) is 0. The number of halogens is 1. The lowest BCUT2D eigenvalue weighted by Gasteiger charge is -2.22. The van der Waals surface area contributed by atoms with Crippen molar-refractivity contribution in [2.75, 3.05) is 18.0 Å². The molecule has 6 N–H and O–H groups in total. The fourth-order valence-electron chi connectivity index (χ4n) is 2.24. The average Bonchev–Trinajstić information content (AvgIpc) is 2.86. The third-order valence-corrected chi connectivity index (χ3v) is 3.25. The van der Waals surface area contributed by atoms with Crippen molar-refractivity contribution < 1.29 is 14.3 Å². The van der Waals surface area contributed by atoms with Gasteiger partial charge < -0.3 is 26.8 Å². The molecule has 0 spiro atoms. The lowest BCUT2D eigenvalue weighted by atomic mass is 10.1. The monoisotopic (exact) mass is 326 g/mol. The second-order valence-electron chi connectivity index (χ2n) is 4.79. The molecule has 1 atom stereocenters. The van der Waals surface area contributed by atoms with Crippen molar-refractivity contribution in [2.45, 2.75) is 19.1 Å². The van der Waals surface area contributed by atoms with Crippen LogP contribution in [0.3, 0.4) is 0 Å². The van der Waals surface area contributed by atoms with E-state index in [0.717, 1.165) is 6.42 Å². The highest BCUT2D eigenvalue weighted by Crippen LogP contribution is 2.20. The molecule has 1 saturated heterocycles. The molecule has 2 rings (SSSR count). The number of nitrogens with zero attached hydrogens (tertiary/aromatic N) is 1. The molecule has 1 fully saturated rings. The lowest BCUT2D eigenvalue weighted by Crippen LogP contribution is -2.38. The van der Waals surface area contributed by atoms with Crippen LogP contribution in [0.2, 0.25) is 0 Å². The molecule has 8 heteroatoms. The van der Waals surface area contributed by atoms with Crippen molar-refractivity contribution in [1.29, 1.82) is 0 Å². The summed E-state index contributed by atoms with van der Waals surface area (Å²) in [6.45, 7) is 0.521. The Bertz CT molecular complexity index is 591. The highest BCUT2D eigenvalue weighted by atomic mass is 35.5. The van der Waals surface area contributed by atoms with Gasteiger partial charge in [0.15, 0.2) is 6.23 Å². The van der Waals surface area contributed by atoms with E-state index in [1.54, 1.807) is 24.3 Å². The van der Waals surface area contributed by atoms with Gasteiger partial charge in [0.2, 0.25) is 5.91 Å². The van der Waals surface area contributed by atoms with Crippen LogP contribution in [0, 0.1) is 0 Å². The van der Waals surface area contributed by atoms with Gasteiger partial charge in [0.05, 0.1) is 0 Å². The Morgan fingerprint density at radius 1 is 1.32 bits per heavy atom. The largest absolute Gasteiger partial charge is 0.425 e. The van der Waals surface area contributed by atoms with Gasteiger partial charge in [0, 0.05) is 30.4 Å². The first kappa shape index (κ1) is 17.6. The number of rotatable bonds is 3. The molecule has 0 radical (unpaired) electrons. The van der Waals surface area contributed by atoms with Crippen molar-refractivity contribution in [2.24, 2.45) is 5.73 Å². The Kier molecular flexibility index (Phi) is 6.06. The first-order valence-electron chi connectivity index (χ1n) is 6.57. The number of hydrogen-bond donors (Lipinski definition) is 3. The Balaban J connectivity index is 0.00000242. The Hall–Kier alpha value is -2.41. The maximum Gasteiger partial charge on any atom is 0.406 e. The molecule has 1 unspecified atom stereocenters. The van der Waals surface area contributed by atoms with Gasteiger partial charge in [-0.15, -0.1) is 12.4 Å². The van der Waals surface area contributed by atoms with Crippen LogP contribution in [0.1, 0.15) is 18.4 Å². The molecule has 0 aromatic heterocycles. The fraction of sp³-hybridized carbons (Fsp3) is 0.286. The SMILES string of the molecule is Cl.NC(=O)OC1CCCN1C(=O)C=Cc1cc(N)ccc1N. The molecule has 1 aromatic rings. The summed E-state index contributed by atoms with van der Waals surface area (Å²) in [5.74, 6) is -0.263. The zero-order chi connectivity index (χ0) is 15.4. The highest BCUT2D eigenvalue weighted by Gasteiger charge is 2.29. The van der Waals surface area contributed by atoms with E-state index in [1.807, 2.05) is 0 Å². The third-order valence-electron chi connectivity index (χ3n) is 3.25. The predicted molar refractivity (Wildman–Crippen MR) is 87.0 cm³/mol. The van der Waals surface area contributed by atoms with Crippen LogP contribution in [-0.2, 0) is 9.53 Å². The number of hydrogen-bond acceptors (Lipinski definition) is 5. The summed E-state index contributed by atoms with van der Waals surface area (Å²) in [6, 6.07) is 5.04. The zero-order valence-corrected chi connectivity index (χ0v) is 12.7. The van der Waals surface area contributed by atoms with Crippen molar-refractivity contribution >= 4 is 41.9 Å². The van der Waals surface area contributed by atoms with E-state index in [-0.39, 0.29) is 18.3 Å². The smallest absolute Gasteiger partial charge is 0.406 e. The Labute approximate surface area is 134 Å². The van der Waals surface area contributed by atoms with E-state index in [1.165, 1.54) is 11.0 Å². The number of amides is 2. The summed E-state index contributed by atoms with van der Waals surface area (Å²) in [5.41, 5.74) is 18.2. The summed E-state index contributed by atoms with van der Waals surface area (Å²) >= 11 is 0. The molecule has 1 aromatic carbocycles. The highest BCUT2D eigenvalue weighted by molar-refractivity contribution is 5.93.